The summed E-state index contributed by atoms with van der Waals surface area (Å²) in [6.45, 7) is 4.22. The zero-order valence-electron chi connectivity index (χ0n) is 8.55. The largest absolute Gasteiger partial charge is 0.505 e. The Balaban J connectivity index is 3.20. The van der Waals surface area contributed by atoms with Crippen molar-refractivity contribution in [3.8, 4) is 5.75 Å². The van der Waals surface area contributed by atoms with Crippen molar-refractivity contribution in [3.05, 3.63) is 29.1 Å². The van der Waals surface area contributed by atoms with E-state index in [0.29, 0.717) is 12.1 Å². The Labute approximate surface area is 83.6 Å². The first-order valence-corrected chi connectivity index (χ1v) is 4.81. The zero-order chi connectivity index (χ0) is 10.7. The molecule has 0 saturated carbocycles. The molecule has 0 amide bonds. The van der Waals surface area contributed by atoms with E-state index in [4.69, 9.17) is 5.73 Å². The number of aromatic hydroxyl groups is 1. The number of nitrogens with two attached hydrogens (primary N) is 1. The predicted octanol–water partition coefficient (Wildman–Crippen LogP) is 2.16. The molecular weight excluding hydrogens is 181 g/mol. The topological polar surface area (TPSA) is 46.2 Å². The van der Waals surface area contributed by atoms with Gasteiger partial charge in [0.25, 0.3) is 0 Å². The minimum atomic E-state index is -0.556. The average molecular weight is 197 g/mol. The third-order valence-corrected chi connectivity index (χ3v) is 2.45. The van der Waals surface area contributed by atoms with E-state index in [2.05, 4.69) is 0 Å². The van der Waals surface area contributed by atoms with Crippen molar-refractivity contribution in [2.24, 2.45) is 5.73 Å². The van der Waals surface area contributed by atoms with Gasteiger partial charge in [-0.15, -0.1) is 0 Å². The van der Waals surface area contributed by atoms with Crippen LogP contribution in [0.1, 0.15) is 30.9 Å². The lowest BCUT2D eigenvalue weighted by Crippen LogP contribution is -2.10. The van der Waals surface area contributed by atoms with Crippen molar-refractivity contribution in [1.29, 1.82) is 0 Å². The molecule has 2 nitrogen and oxygen atoms in total. The molecule has 0 saturated heterocycles. The van der Waals surface area contributed by atoms with Gasteiger partial charge in [0.1, 0.15) is 0 Å². The van der Waals surface area contributed by atoms with Gasteiger partial charge in [0, 0.05) is 5.56 Å². The standard InChI is InChI=1S/C11H16FNO/c1-3-8-4-9(7(2)6-13)11(14)10(12)5-8/h4-5,7,14H,3,6,13H2,1-2H3. The Bertz CT molecular complexity index is 325. The number of aryl methyl sites for hydroxylation is 1. The molecule has 0 heterocycles. The van der Waals surface area contributed by atoms with E-state index in [0.717, 1.165) is 12.0 Å². The Morgan fingerprint density at radius 2 is 2.14 bits per heavy atom. The molecule has 78 valence electrons. The number of halogens is 1. The van der Waals surface area contributed by atoms with Gasteiger partial charge in [-0.3, -0.25) is 0 Å². The molecule has 0 radical (unpaired) electrons. The van der Waals surface area contributed by atoms with Crippen molar-refractivity contribution in [1.82, 2.24) is 0 Å². The molecule has 0 bridgehead atoms. The number of phenols is 1. The average Bonchev–Trinajstić information content (AvgIpc) is 2.20. The van der Waals surface area contributed by atoms with Gasteiger partial charge in [-0.25, -0.2) is 4.39 Å². The molecule has 0 spiro atoms. The fourth-order valence-electron chi connectivity index (χ4n) is 1.39. The molecule has 0 aliphatic carbocycles. The van der Waals surface area contributed by atoms with Crippen molar-refractivity contribution >= 4 is 0 Å². The number of hydrogen-bond donors (Lipinski definition) is 2. The van der Waals surface area contributed by atoms with E-state index in [1.165, 1.54) is 6.07 Å². The number of benzene rings is 1. The first kappa shape index (κ1) is 11.0. The number of rotatable bonds is 3. The minimum Gasteiger partial charge on any atom is -0.505 e. The summed E-state index contributed by atoms with van der Waals surface area (Å²) in [6, 6.07) is 3.18. The van der Waals surface area contributed by atoms with Crippen molar-refractivity contribution < 1.29 is 9.50 Å². The Kier molecular flexibility index (Phi) is 3.47. The minimum absolute atomic E-state index is 0.0176. The normalized spacial score (nSPS) is 12.9. The van der Waals surface area contributed by atoms with Gasteiger partial charge in [-0.2, -0.15) is 0 Å². The lowest BCUT2D eigenvalue weighted by molar-refractivity contribution is 0.421. The molecule has 1 aromatic rings. The van der Waals surface area contributed by atoms with Gasteiger partial charge < -0.3 is 10.8 Å². The summed E-state index contributed by atoms with van der Waals surface area (Å²) in [6.07, 6.45) is 0.751. The van der Waals surface area contributed by atoms with Crippen LogP contribution in [-0.4, -0.2) is 11.7 Å². The molecule has 1 atom stereocenters. The highest BCUT2D eigenvalue weighted by molar-refractivity contribution is 5.40. The summed E-state index contributed by atoms with van der Waals surface area (Å²) in [5, 5.41) is 9.49. The fourth-order valence-corrected chi connectivity index (χ4v) is 1.39. The first-order chi connectivity index (χ1) is 6.60. The first-order valence-electron chi connectivity index (χ1n) is 4.81. The van der Waals surface area contributed by atoms with Crippen molar-refractivity contribution in [2.75, 3.05) is 6.54 Å². The van der Waals surface area contributed by atoms with E-state index in [9.17, 15) is 9.50 Å². The summed E-state index contributed by atoms with van der Waals surface area (Å²) in [5.74, 6) is -0.837. The second-order valence-electron chi connectivity index (χ2n) is 3.51. The smallest absolute Gasteiger partial charge is 0.165 e. The predicted molar refractivity (Wildman–Crippen MR) is 54.9 cm³/mol. The summed E-state index contributed by atoms with van der Waals surface area (Å²) in [5.41, 5.74) is 6.97. The Hall–Kier alpha value is -1.09. The second-order valence-corrected chi connectivity index (χ2v) is 3.51. The van der Waals surface area contributed by atoms with E-state index in [1.807, 2.05) is 19.9 Å². The van der Waals surface area contributed by atoms with Gasteiger partial charge in [-0.1, -0.05) is 19.9 Å². The number of hydrogen-bond acceptors (Lipinski definition) is 2. The maximum atomic E-state index is 13.2. The maximum Gasteiger partial charge on any atom is 0.165 e. The molecule has 3 N–H and O–H groups in total. The molecular formula is C11H16FNO. The second kappa shape index (κ2) is 4.42. The van der Waals surface area contributed by atoms with Crippen LogP contribution in [0.2, 0.25) is 0 Å². The highest BCUT2D eigenvalue weighted by Gasteiger charge is 2.13. The Morgan fingerprint density at radius 3 is 2.64 bits per heavy atom. The quantitative estimate of drug-likeness (QED) is 0.780. The van der Waals surface area contributed by atoms with E-state index < -0.39 is 5.82 Å². The van der Waals surface area contributed by atoms with Crippen LogP contribution in [0, 0.1) is 5.82 Å². The monoisotopic (exact) mass is 197 g/mol. The molecule has 0 fully saturated rings. The third-order valence-electron chi connectivity index (χ3n) is 2.45. The van der Waals surface area contributed by atoms with Gasteiger partial charge >= 0.3 is 0 Å². The fraction of sp³-hybridized carbons (Fsp3) is 0.455. The molecule has 0 aliphatic heterocycles. The van der Waals surface area contributed by atoms with E-state index >= 15 is 0 Å². The van der Waals surface area contributed by atoms with Crippen LogP contribution in [0.15, 0.2) is 12.1 Å². The van der Waals surface area contributed by atoms with Gasteiger partial charge in [-0.05, 0) is 30.5 Å². The van der Waals surface area contributed by atoms with Gasteiger partial charge in [0.2, 0.25) is 0 Å². The molecule has 0 aromatic heterocycles. The maximum absolute atomic E-state index is 13.2. The van der Waals surface area contributed by atoms with Crippen LogP contribution in [0.5, 0.6) is 5.75 Å². The molecule has 14 heavy (non-hydrogen) atoms. The summed E-state index contributed by atoms with van der Waals surface area (Å²) >= 11 is 0. The highest BCUT2D eigenvalue weighted by atomic mass is 19.1. The third kappa shape index (κ3) is 2.04. The van der Waals surface area contributed by atoms with Crippen molar-refractivity contribution in [3.63, 3.8) is 0 Å². The molecule has 1 unspecified atom stereocenters. The van der Waals surface area contributed by atoms with Crippen LogP contribution in [0.25, 0.3) is 0 Å². The summed E-state index contributed by atoms with van der Waals surface area (Å²) in [4.78, 5) is 0. The zero-order valence-corrected chi connectivity index (χ0v) is 8.55. The SMILES string of the molecule is CCc1cc(F)c(O)c(C(C)CN)c1. The highest BCUT2D eigenvalue weighted by Crippen LogP contribution is 2.29. The number of phenolic OH excluding ortho intramolecular Hbond substituents is 1. The summed E-state index contributed by atoms with van der Waals surface area (Å²) in [7, 11) is 0. The molecule has 3 heteroatoms. The van der Waals surface area contributed by atoms with Crippen LogP contribution in [0.3, 0.4) is 0 Å². The molecule has 1 aromatic carbocycles. The van der Waals surface area contributed by atoms with Gasteiger partial charge in [0.05, 0.1) is 0 Å². The lowest BCUT2D eigenvalue weighted by Gasteiger charge is -2.13. The lowest BCUT2D eigenvalue weighted by atomic mass is 9.97. The van der Waals surface area contributed by atoms with Gasteiger partial charge in [0.15, 0.2) is 11.6 Å². The Morgan fingerprint density at radius 1 is 1.50 bits per heavy atom. The van der Waals surface area contributed by atoms with Crippen molar-refractivity contribution in [2.45, 2.75) is 26.2 Å². The van der Waals surface area contributed by atoms with Crippen LogP contribution >= 0.6 is 0 Å². The van der Waals surface area contributed by atoms with Crippen LogP contribution in [0.4, 0.5) is 4.39 Å². The molecule has 1 rings (SSSR count). The molecule has 0 aliphatic rings. The van der Waals surface area contributed by atoms with E-state index in [1.54, 1.807) is 0 Å². The summed E-state index contributed by atoms with van der Waals surface area (Å²) < 4.78 is 13.2. The van der Waals surface area contributed by atoms with Crippen LogP contribution in [-0.2, 0) is 6.42 Å². The van der Waals surface area contributed by atoms with E-state index in [-0.39, 0.29) is 11.7 Å². The van der Waals surface area contributed by atoms with Crippen LogP contribution < -0.4 is 5.73 Å².